The lowest BCUT2D eigenvalue weighted by atomic mass is 10.0. The summed E-state index contributed by atoms with van der Waals surface area (Å²) >= 11 is 0. The summed E-state index contributed by atoms with van der Waals surface area (Å²) in [4.78, 5) is 11.9. The molecule has 2 aromatic rings. The third-order valence-corrected chi connectivity index (χ3v) is 2.64. The minimum Gasteiger partial charge on any atom is -0.469 e. The Balaban J connectivity index is 2.41. The molecule has 2 rings (SSSR count). The molecule has 19 heavy (non-hydrogen) atoms. The average molecular weight is 272 g/mol. The zero-order valence-electron chi connectivity index (χ0n) is 9.72. The number of halogens is 4. The lowest BCUT2D eigenvalue weighted by Gasteiger charge is -2.08. The average Bonchev–Trinajstić information content (AvgIpc) is 2.72. The van der Waals surface area contributed by atoms with Crippen molar-refractivity contribution in [1.82, 2.24) is 0 Å². The van der Waals surface area contributed by atoms with E-state index in [1.165, 1.54) is 19.3 Å². The van der Waals surface area contributed by atoms with Crippen LogP contribution in [-0.2, 0) is 6.18 Å². The minimum atomic E-state index is -4.78. The van der Waals surface area contributed by atoms with Crippen LogP contribution in [0.15, 0.2) is 34.9 Å². The molecular weight excluding hydrogens is 264 g/mol. The molecule has 0 radical (unpaired) electrons. The molecule has 0 bridgehead atoms. The smallest absolute Gasteiger partial charge is 0.419 e. The molecule has 0 aliphatic rings. The summed E-state index contributed by atoms with van der Waals surface area (Å²) < 4.78 is 55.4. The van der Waals surface area contributed by atoms with Crippen LogP contribution in [0.1, 0.15) is 27.2 Å². The van der Waals surface area contributed by atoms with E-state index in [4.69, 9.17) is 4.42 Å². The Kier molecular flexibility index (Phi) is 3.18. The maximum Gasteiger partial charge on any atom is 0.419 e. The van der Waals surface area contributed by atoms with Crippen LogP contribution in [0.5, 0.6) is 0 Å². The van der Waals surface area contributed by atoms with Gasteiger partial charge in [0.15, 0.2) is 5.78 Å². The monoisotopic (exact) mass is 272 g/mol. The topological polar surface area (TPSA) is 30.2 Å². The Bertz CT molecular complexity index is 626. The largest absolute Gasteiger partial charge is 0.469 e. The predicted molar refractivity (Wildman–Crippen MR) is 58.3 cm³/mol. The first-order valence-electron chi connectivity index (χ1n) is 5.26. The van der Waals surface area contributed by atoms with Gasteiger partial charge in [0.05, 0.1) is 17.4 Å². The Labute approximate surface area is 105 Å². The van der Waals surface area contributed by atoms with Crippen LogP contribution in [0.25, 0.3) is 0 Å². The van der Waals surface area contributed by atoms with Crippen molar-refractivity contribution in [2.24, 2.45) is 0 Å². The van der Waals surface area contributed by atoms with E-state index in [-0.39, 0.29) is 11.1 Å². The molecule has 100 valence electrons. The van der Waals surface area contributed by atoms with Crippen molar-refractivity contribution >= 4 is 5.78 Å². The van der Waals surface area contributed by atoms with Crippen LogP contribution in [0.2, 0.25) is 0 Å². The van der Waals surface area contributed by atoms with Crippen LogP contribution >= 0.6 is 0 Å². The Morgan fingerprint density at radius 2 is 1.89 bits per heavy atom. The van der Waals surface area contributed by atoms with E-state index in [9.17, 15) is 22.4 Å². The standard InChI is InChI=1S/C13H8F4O2/c1-7-9(4-5-19-7)12(18)8-2-3-10(11(14)6-8)13(15,16)17/h2-6H,1H3. The SMILES string of the molecule is Cc1occc1C(=O)c1ccc(C(F)(F)F)c(F)c1. The first-order valence-corrected chi connectivity index (χ1v) is 5.26. The first-order chi connectivity index (χ1) is 8.80. The molecule has 1 heterocycles. The van der Waals surface area contributed by atoms with Crippen molar-refractivity contribution in [2.75, 3.05) is 0 Å². The van der Waals surface area contributed by atoms with E-state index < -0.39 is 23.3 Å². The summed E-state index contributed by atoms with van der Waals surface area (Å²) in [5, 5.41) is 0. The van der Waals surface area contributed by atoms with Gasteiger partial charge >= 0.3 is 6.18 Å². The van der Waals surface area contributed by atoms with Gasteiger partial charge in [-0.15, -0.1) is 0 Å². The van der Waals surface area contributed by atoms with Gasteiger partial charge in [-0.2, -0.15) is 13.2 Å². The van der Waals surface area contributed by atoms with Gasteiger partial charge in [0.25, 0.3) is 0 Å². The predicted octanol–water partition coefficient (Wildman–Crippen LogP) is 3.98. The number of rotatable bonds is 2. The molecule has 1 aromatic carbocycles. The first kappa shape index (κ1) is 13.3. The maximum absolute atomic E-state index is 13.4. The normalized spacial score (nSPS) is 11.6. The summed E-state index contributed by atoms with van der Waals surface area (Å²) in [5.74, 6) is -1.73. The molecule has 0 fully saturated rings. The summed E-state index contributed by atoms with van der Waals surface area (Å²) in [6.45, 7) is 1.54. The molecule has 1 aromatic heterocycles. The number of hydrogen-bond donors (Lipinski definition) is 0. The van der Waals surface area contributed by atoms with Gasteiger partial charge < -0.3 is 4.42 Å². The van der Waals surface area contributed by atoms with Crippen LogP contribution in [0, 0.1) is 12.7 Å². The molecule has 2 nitrogen and oxygen atoms in total. The second-order valence-electron chi connectivity index (χ2n) is 3.91. The van der Waals surface area contributed by atoms with Crippen molar-refractivity contribution in [1.29, 1.82) is 0 Å². The van der Waals surface area contributed by atoms with Crippen LogP contribution < -0.4 is 0 Å². The number of carbonyl (C=O) groups excluding carboxylic acids is 1. The van der Waals surface area contributed by atoms with E-state index in [2.05, 4.69) is 0 Å². The highest BCUT2D eigenvalue weighted by Crippen LogP contribution is 2.32. The van der Waals surface area contributed by atoms with E-state index in [1.54, 1.807) is 0 Å². The lowest BCUT2D eigenvalue weighted by molar-refractivity contribution is -0.140. The highest BCUT2D eigenvalue weighted by atomic mass is 19.4. The second-order valence-corrected chi connectivity index (χ2v) is 3.91. The van der Waals surface area contributed by atoms with E-state index in [1.807, 2.05) is 0 Å². The third kappa shape index (κ3) is 2.52. The summed E-state index contributed by atoms with van der Waals surface area (Å²) in [7, 11) is 0. The summed E-state index contributed by atoms with van der Waals surface area (Å²) in [6, 6.07) is 3.46. The molecule has 0 atom stereocenters. The number of benzene rings is 1. The van der Waals surface area contributed by atoms with Gasteiger partial charge in [0.1, 0.15) is 11.6 Å². The molecular formula is C13H8F4O2. The number of ketones is 1. The zero-order chi connectivity index (χ0) is 14.2. The molecule has 0 saturated heterocycles. The van der Waals surface area contributed by atoms with Gasteiger partial charge in [-0.1, -0.05) is 6.07 Å². The molecule has 0 spiro atoms. The van der Waals surface area contributed by atoms with Gasteiger partial charge in [-0.3, -0.25) is 4.79 Å². The fraction of sp³-hybridized carbons (Fsp3) is 0.154. The lowest BCUT2D eigenvalue weighted by Crippen LogP contribution is -2.10. The molecule has 0 unspecified atom stereocenters. The van der Waals surface area contributed by atoms with E-state index in [0.29, 0.717) is 17.9 Å². The number of hydrogen-bond acceptors (Lipinski definition) is 2. The maximum atomic E-state index is 13.4. The highest BCUT2D eigenvalue weighted by molar-refractivity contribution is 6.09. The summed E-state index contributed by atoms with van der Waals surface area (Å²) in [5.41, 5.74) is -1.36. The van der Waals surface area contributed by atoms with Gasteiger partial charge in [-0.05, 0) is 25.1 Å². The molecule has 0 aliphatic heterocycles. The highest BCUT2D eigenvalue weighted by Gasteiger charge is 2.34. The molecule has 0 N–H and O–H groups in total. The quantitative estimate of drug-likeness (QED) is 0.611. The second kappa shape index (κ2) is 4.53. The van der Waals surface area contributed by atoms with Gasteiger partial charge in [0.2, 0.25) is 0 Å². The van der Waals surface area contributed by atoms with Crippen molar-refractivity contribution in [3.8, 4) is 0 Å². The van der Waals surface area contributed by atoms with Crippen LogP contribution in [0.3, 0.4) is 0 Å². The van der Waals surface area contributed by atoms with Crippen molar-refractivity contribution in [3.63, 3.8) is 0 Å². The molecule has 6 heteroatoms. The van der Waals surface area contributed by atoms with E-state index in [0.717, 1.165) is 6.07 Å². The van der Waals surface area contributed by atoms with Crippen molar-refractivity contribution < 1.29 is 26.8 Å². The Morgan fingerprint density at radius 1 is 1.21 bits per heavy atom. The number of aryl methyl sites for hydroxylation is 1. The van der Waals surface area contributed by atoms with Crippen molar-refractivity contribution in [3.05, 3.63) is 58.8 Å². The van der Waals surface area contributed by atoms with Crippen LogP contribution in [-0.4, -0.2) is 5.78 Å². The minimum absolute atomic E-state index is 0.157. The molecule has 0 aliphatic carbocycles. The Hall–Kier alpha value is -2.11. The van der Waals surface area contributed by atoms with Gasteiger partial charge in [0, 0.05) is 5.56 Å². The fourth-order valence-corrected chi connectivity index (χ4v) is 1.66. The van der Waals surface area contributed by atoms with Crippen LogP contribution in [0.4, 0.5) is 17.6 Å². The van der Waals surface area contributed by atoms with Gasteiger partial charge in [-0.25, -0.2) is 4.39 Å². The Morgan fingerprint density at radius 3 is 2.37 bits per heavy atom. The number of furan rings is 1. The fourth-order valence-electron chi connectivity index (χ4n) is 1.66. The van der Waals surface area contributed by atoms with E-state index >= 15 is 0 Å². The molecule has 0 saturated carbocycles. The third-order valence-electron chi connectivity index (χ3n) is 2.64. The molecule has 0 amide bonds. The zero-order valence-corrected chi connectivity index (χ0v) is 9.72. The van der Waals surface area contributed by atoms with Crippen molar-refractivity contribution in [2.45, 2.75) is 13.1 Å². The number of carbonyl (C=O) groups is 1. The summed E-state index contributed by atoms with van der Waals surface area (Å²) in [6.07, 6.45) is -3.50. The number of alkyl halides is 3.